The summed E-state index contributed by atoms with van der Waals surface area (Å²) in [7, 11) is 1.86. The highest BCUT2D eigenvalue weighted by Gasteiger charge is 1.81. The third-order valence-electron chi connectivity index (χ3n) is 1.10. The van der Waals surface area contributed by atoms with E-state index in [0.717, 1.165) is 18.4 Å². The third kappa shape index (κ3) is 4.04. The monoisotopic (exact) mass is 139 g/mol. The maximum absolute atomic E-state index is 10.2. The van der Waals surface area contributed by atoms with Gasteiger partial charge in [-0.3, -0.25) is 4.79 Å². The van der Waals surface area contributed by atoms with Crippen LogP contribution in [-0.2, 0) is 4.79 Å². The van der Waals surface area contributed by atoms with Crippen LogP contribution in [0.3, 0.4) is 0 Å². The summed E-state index contributed by atoms with van der Waals surface area (Å²) >= 11 is 0. The summed E-state index contributed by atoms with van der Waals surface area (Å²) < 4.78 is 0. The maximum atomic E-state index is 10.2. The molecule has 0 saturated carbocycles. The highest BCUT2D eigenvalue weighted by molar-refractivity contribution is 5.77. The van der Waals surface area contributed by atoms with E-state index < -0.39 is 0 Å². The van der Waals surface area contributed by atoms with Gasteiger partial charge >= 0.3 is 0 Å². The molecule has 56 valence electrons. The van der Waals surface area contributed by atoms with Gasteiger partial charge in [-0.15, -0.1) is 0 Å². The molecule has 0 aromatic rings. The zero-order valence-electron chi connectivity index (χ0n) is 6.42. The van der Waals surface area contributed by atoms with Gasteiger partial charge in [-0.05, 0) is 14.0 Å². The molecule has 2 nitrogen and oxygen atoms in total. The number of allylic oxidation sites excluding steroid dienone is 3. The van der Waals surface area contributed by atoms with E-state index in [-0.39, 0.29) is 0 Å². The van der Waals surface area contributed by atoms with E-state index in [4.69, 9.17) is 0 Å². The molecule has 10 heavy (non-hydrogen) atoms. The standard InChI is InChI=1S/C8H13NO/c1-3-8(7-10)5-4-6-9-2/h3-5,7,9H,6H2,1-2H3/b5-4-,8-3+. The number of nitrogens with one attached hydrogen (secondary N) is 1. The summed E-state index contributed by atoms with van der Waals surface area (Å²) in [5.41, 5.74) is 0.718. The van der Waals surface area contributed by atoms with Crippen molar-refractivity contribution in [2.75, 3.05) is 13.6 Å². The molecule has 0 spiro atoms. The van der Waals surface area contributed by atoms with Crippen molar-refractivity contribution < 1.29 is 4.79 Å². The quantitative estimate of drug-likeness (QED) is 0.356. The van der Waals surface area contributed by atoms with E-state index in [2.05, 4.69) is 5.32 Å². The molecule has 0 rings (SSSR count). The first kappa shape index (κ1) is 9.11. The topological polar surface area (TPSA) is 29.1 Å². The lowest BCUT2D eigenvalue weighted by Gasteiger charge is -1.87. The number of hydrogen-bond acceptors (Lipinski definition) is 2. The van der Waals surface area contributed by atoms with E-state index >= 15 is 0 Å². The molecule has 0 aromatic heterocycles. The van der Waals surface area contributed by atoms with Crippen molar-refractivity contribution >= 4 is 6.29 Å². The highest BCUT2D eigenvalue weighted by atomic mass is 16.1. The van der Waals surface area contributed by atoms with Crippen LogP contribution in [0.5, 0.6) is 0 Å². The molecule has 1 N–H and O–H groups in total. The van der Waals surface area contributed by atoms with E-state index in [1.165, 1.54) is 0 Å². The number of likely N-dealkylation sites (N-methyl/N-ethyl adjacent to an activating group) is 1. The fraction of sp³-hybridized carbons (Fsp3) is 0.375. The maximum Gasteiger partial charge on any atom is 0.149 e. The van der Waals surface area contributed by atoms with Crippen molar-refractivity contribution in [3.63, 3.8) is 0 Å². The van der Waals surface area contributed by atoms with Crippen LogP contribution in [0, 0.1) is 0 Å². The summed E-state index contributed by atoms with van der Waals surface area (Å²) in [6.45, 7) is 2.64. The number of carbonyl (C=O) groups is 1. The van der Waals surface area contributed by atoms with Crippen LogP contribution in [0.1, 0.15) is 6.92 Å². The SMILES string of the molecule is C/C=C(C=O)\C=C/CNC. The van der Waals surface area contributed by atoms with E-state index in [1.54, 1.807) is 12.2 Å². The average molecular weight is 139 g/mol. The first-order valence-corrected chi connectivity index (χ1v) is 3.27. The average Bonchev–Trinajstić information content (AvgIpc) is 1.99. The Morgan fingerprint density at radius 3 is 2.70 bits per heavy atom. The van der Waals surface area contributed by atoms with Gasteiger partial charge in [0, 0.05) is 12.1 Å². The Balaban J connectivity index is 3.74. The molecule has 0 fully saturated rings. The highest BCUT2D eigenvalue weighted by Crippen LogP contribution is 1.89. The molecule has 0 atom stereocenters. The van der Waals surface area contributed by atoms with Crippen LogP contribution in [0.25, 0.3) is 0 Å². The van der Waals surface area contributed by atoms with Crippen molar-refractivity contribution in [3.8, 4) is 0 Å². The molecule has 0 heterocycles. The van der Waals surface area contributed by atoms with Crippen LogP contribution in [0.2, 0.25) is 0 Å². The molecular weight excluding hydrogens is 126 g/mol. The fourth-order valence-electron chi connectivity index (χ4n) is 0.516. The Labute approximate surface area is 61.6 Å². The zero-order chi connectivity index (χ0) is 7.82. The molecule has 2 heteroatoms. The van der Waals surface area contributed by atoms with Crippen LogP contribution >= 0.6 is 0 Å². The van der Waals surface area contributed by atoms with Crippen LogP contribution in [-0.4, -0.2) is 19.9 Å². The van der Waals surface area contributed by atoms with Gasteiger partial charge in [-0.1, -0.05) is 18.2 Å². The lowest BCUT2D eigenvalue weighted by molar-refractivity contribution is -0.104. The molecule has 0 aliphatic carbocycles. The molecule has 0 unspecified atom stereocenters. The Morgan fingerprint density at radius 2 is 2.30 bits per heavy atom. The molecule has 0 amide bonds. The van der Waals surface area contributed by atoms with E-state index in [1.807, 2.05) is 20.0 Å². The minimum atomic E-state index is 0.718. The van der Waals surface area contributed by atoms with Crippen molar-refractivity contribution in [2.45, 2.75) is 6.92 Å². The number of rotatable bonds is 4. The second-order valence-corrected chi connectivity index (χ2v) is 1.87. The van der Waals surface area contributed by atoms with Gasteiger partial charge in [0.05, 0.1) is 0 Å². The summed E-state index contributed by atoms with van der Waals surface area (Å²) in [6.07, 6.45) is 6.32. The predicted octanol–water partition coefficient (Wildman–Crippen LogP) is 0.907. The van der Waals surface area contributed by atoms with Gasteiger partial charge in [0.1, 0.15) is 6.29 Å². The van der Waals surface area contributed by atoms with Crippen molar-refractivity contribution in [1.29, 1.82) is 0 Å². The Kier molecular flexibility index (Phi) is 5.68. The molecule has 0 saturated heterocycles. The predicted molar refractivity (Wildman–Crippen MR) is 42.9 cm³/mol. The van der Waals surface area contributed by atoms with Crippen LogP contribution < -0.4 is 5.32 Å². The fourth-order valence-corrected chi connectivity index (χ4v) is 0.516. The Morgan fingerprint density at radius 1 is 1.60 bits per heavy atom. The first-order chi connectivity index (χ1) is 4.85. The van der Waals surface area contributed by atoms with Crippen molar-refractivity contribution in [1.82, 2.24) is 5.32 Å². The zero-order valence-corrected chi connectivity index (χ0v) is 6.42. The van der Waals surface area contributed by atoms with Crippen molar-refractivity contribution in [3.05, 3.63) is 23.8 Å². The minimum Gasteiger partial charge on any atom is -0.316 e. The molecule has 0 radical (unpaired) electrons. The van der Waals surface area contributed by atoms with Gasteiger partial charge in [-0.25, -0.2) is 0 Å². The lowest BCUT2D eigenvalue weighted by Crippen LogP contribution is -2.03. The minimum absolute atomic E-state index is 0.718. The van der Waals surface area contributed by atoms with Crippen molar-refractivity contribution in [2.24, 2.45) is 0 Å². The summed E-state index contributed by atoms with van der Waals surface area (Å²) in [5, 5.41) is 2.94. The Bertz CT molecular complexity index is 147. The molecule has 0 aliphatic heterocycles. The van der Waals surface area contributed by atoms with Gasteiger partial charge in [0.25, 0.3) is 0 Å². The Hall–Kier alpha value is -0.890. The summed E-state index contributed by atoms with van der Waals surface area (Å²) in [6, 6.07) is 0. The lowest BCUT2D eigenvalue weighted by atomic mass is 10.2. The second-order valence-electron chi connectivity index (χ2n) is 1.87. The molecule has 0 aromatic carbocycles. The van der Waals surface area contributed by atoms with Crippen LogP contribution in [0.15, 0.2) is 23.8 Å². The second kappa shape index (κ2) is 6.23. The van der Waals surface area contributed by atoms with E-state index in [9.17, 15) is 4.79 Å². The largest absolute Gasteiger partial charge is 0.316 e. The smallest absolute Gasteiger partial charge is 0.149 e. The number of carbonyl (C=O) groups excluding carboxylic acids is 1. The number of hydrogen-bond donors (Lipinski definition) is 1. The normalized spacial score (nSPS) is 12.4. The summed E-state index contributed by atoms with van der Waals surface area (Å²) in [5.74, 6) is 0. The molecule has 0 bridgehead atoms. The first-order valence-electron chi connectivity index (χ1n) is 3.27. The van der Waals surface area contributed by atoms with Gasteiger partial charge in [0.2, 0.25) is 0 Å². The van der Waals surface area contributed by atoms with Gasteiger partial charge < -0.3 is 5.32 Å². The molecule has 0 aliphatic rings. The summed E-state index contributed by atoms with van der Waals surface area (Å²) in [4.78, 5) is 10.2. The van der Waals surface area contributed by atoms with Crippen LogP contribution in [0.4, 0.5) is 0 Å². The molecular formula is C8H13NO. The van der Waals surface area contributed by atoms with Gasteiger partial charge in [0.15, 0.2) is 0 Å². The van der Waals surface area contributed by atoms with E-state index in [0.29, 0.717) is 0 Å². The third-order valence-corrected chi connectivity index (χ3v) is 1.10. The number of aldehydes is 1. The van der Waals surface area contributed by atoms with Gasteiger partial charge in [-0.2, -0.15) is 0 Å².